The van der Waals surface area contributed by atoms with E-state index in [2.05, 4.69) is 15.9 Å². The summed E-state index contributed by atoms with van der Waals surface area (Å²) in [6.07, 6.45) is -0.00438. The molecule has 0 N–H and O–H groups in total. The lowest BCUT2D eigenvalue weighted by molar-refractivity contribution is -0.163. The molecule has 1 saturated carbocycles. The van der Waals surface area contributed by atoms with Gasteiger partial charge in [-0.05, 0) is 11.6 Å². The van der Waals surface area contributed by atoms with Crippen LogP contribution in [0, 0.1) is 0 Å². The number of benzene rings is 1. The molecule has 0 aliphatic heterocycles. The standard InChI is InChI=1S/C12H13BrO3/c1-15-12-10(14)6-11(12)16-7-8-4-2-3-5-9(8)13/h2-5,11-12H,6-7H2,1H3. The van der Waals surface area contributed by atoms with E-state index in [1.165, 1.54) is 7.11 Å². The molecule has 0 radical (unpaired) electrons. The highest BCUT2D eigenvalue weighted by Gasteiger charge is 2.40. The van der Waals surface area contributed by atoms with E-state index in [1.807, 2.05) is 24.3 Å². The van der Waals surface area contributed by atoms with E-state index in [4.69, 9.17) is 9.47 Å². The van der Waals surface area contributed by atoms with E-state index < -0.39 is 0 Å². The number of hydrogen-bond acceptors (Lipinski definition) is 3. The molecule has 3 nitrogen and oxygen atoms in total. The third kappa shape index (κ3) is 2.34. The van der Waals surface area contributed by atoms with E-state index >= 15 is 0 Å². The van der Waals surface area contributed by atoms with Crippen molar-refractivity contribution in [2.45, 2.75) is 25.2 Å². The van der Waals surface area contributed by atoms with Gasteiger partial charge in [0.1, 0.15) is 6.10 Å². The van der Waals surface area contributed by atoms with Crippen molar-refractivity contribution in [2.24, 2.45) is 0 Å². The molecule has 1 aromatic rings. The van der Waals surface area contributed by atoms with Crippen LogP contribution in [-0.4, -0.2) is 25.1 Å². The summed E-state index contributed by atoms with van der Waals surface area (Å²) in [5, 5.41) is 0. The second-order valence-corrected chi connectivity index (χ2v) is 4.62. The van der Waals surface area contributed by atoms with E-state index in [1.54, 1.807) is 0 Å². The van der Waals surface area contributed by atoms with Crippen molar-refractivity contribution in [3.63, 3.8) is 0 Å². The Hall–Kier alpha value is -0.710. The van der Waals surface area contributed by atoms with Gasteiger partial charge < -0.3 is 9.47 Å². The van der Waals surface area contributed by atoms with Gasteiger partial charge in [0.25, 0.3) is 0 Å². The first-order chi connectivity index (χ1) is 7.72. The Morgan fingerprint density at radius 2 is 2.19 bits per heavy atom. The fourth-order valence-corrected chi connectivity index (χ4v) is 2.11. The lowest BCUT2D eigenvalue weighted by Crippen LogP contribution is -2.49. The first-order valence-electron chi connectivity index (χ1n) is 5.13. The molecule has 2 unspecified atom stereocenters. The summed E-state index contributed by atoms with van der Waals surface area (Å²) < 4.78 is 11.7. The highest BCUT2D eigenvalue weighted by molar-refractivity contribution is 9.10. The van der Waals surface area contributed by atoms with Gasteiger partial charge in [0.05, 0.1) is 12.7 Å². The van der Waals surface area contributed by atoms with Gasteiger partial charge in [0.2, 0.25) is 0 Å². The van der Waals surface area contributed by atoms with Crippen LogP contribution in [0.3, 0.4) is 0 Å². The third-order valence-electron chi connectivity index (χ3n) is 2.72. The van der Waals surface area contributed by atoms with Crippen LogP contribution in [0.2, 0.25) is 0 Å². The average molecular weight is 285 g/mol. The quantitative estimate of drug-likeness (QED) is 0.851. The smallest absolute Gasteiger partial charge is 0.166 e. The first kappa shape index (κ1) is 11.8. The Morgan fingerprint density at radius 3 is 2.81 bits per heavy atom. The van der Waals surface area contributed by atoms with Gasteiger partial charge in [-0.25, -0.2) is 0 Å². The molecule has 1 fully saturated rings. The molecule has 86 valence electrons. The zero-order valence-electron chi connectivity index (χ0n) is 8.98. The van der Waals surface area contributed by atoms with Crippen molar-refractivity contribution in [1.82, 2.24) is 0 Å². The largest absolute Gasteiger partial charge is 0.371 e. The second kappa shape index (κ2) is 5.08. The molecule has 0 heterocycles. The van der Waals surface area contributed by atoms with Crippen LogP contribution in [0.1, 0.15) is 12.0 Å². The molecule has 0 bridgehead atoms. The molecule has 4 heteroatoms. The number of carbonyl (C=O) groups excluding carboxylic acids is 1. The third-order valence-corrected chi connectivity index (χ3v) is 3.50. The molecular formula is C12H13BrO3. The number of halogens is 1. The molecule has 0 saturated heterocycles. The predicted octanol–water partition coefficient (Wildman–Crippen LogP) is 2.32. The second-order valence-electron chi connectivity index (χ2n) is 3.77. The van der Waals surface area contributed by atoms with Crippen molar-refractivity contribution < 1.29 is 14.3 Å². The summed E-state index contributed by atoms with van der Waals surface area (Å²) in [5.74, 6) is 0.125. The molecule has 0 amide bonds. The van der Waals surface area contributed by atoms with Crippen LogP contribution in [0.15, 0.2) is 28.7 Å². The SMILES string of the molecule is COC1C(=O)CC1OCc1ccccc1Br. The fraction of sp³-hybridized carbons (Fsp3) is 0.417. The topological polar surface area (TPSA) is 35.5 Å². The Labute approximate surface area is 103 Å². The maximum Gasteiger partial charge on any atom is 0.166 e. The number of ether oxygens (including phenoxy) is 2. The molecule has 16 heavy (non-hydrogen) atoms. The van der Waals surface area contributed by atoms with Crippen LogP contribution >= 0.6 is 15.9 Å². The molecule has 2 atom stereocenters. The summed E-state index contributed by atoms with van der Waals surface area (Å²) in [6.45, 7) is 0.499. The highest BCUT2D eigenvalue weighted by atomic mass is 79.9. The maximum atomic E-state index is 11.1. The van der Waals surface area contributed by atoms with Crippen LogP contribution in [0.4, 0.5) is 0 Å². The van der Waals surface area contributed by atoms with E-state index in [0.717, 1.165) is 10.0 Å². The minimum atomic E-state index is -0.373. The van der Waals surface area contributed by atoms with Crippen LogP contribution in [-0.2, 0) is 20.9 Å². The van der Waals surface area contributed by atoms with Gasteiger partial charge in [-0.15, -0.1) is 0 Å². The molecule has 0 aromatic heterocycles. The van der Waals surface area contributed by atoms with Crippen molar-refractivity contribution in [1.29, 1.82) is 0 Å². The highest BCUT2D eigenvalue weighted by Crippen LogP contribution is 2.25. The lowest BCUT2D eigenvalue weighted by Gasteiger charge is -2.33. The summed E-state index contributed by atoms with van der Waals surface area (Å²) in [6, 6.07) is 7.88. The Morgan fingerprint density at radius 1 is 1.44 bits per heavy atom. The van der Waals surface area contributed by atoms with Crippen LogP contribution in [0.25, 0.3) is 0 Å². The van der Waals surface area contributed by atoms with Gasteiger partial charge in [-0.3, -0.25) is 4.79 Å². The normalized spacial score (nSPS) is 24.2. The van der Waals surface area contributed by atoms with Crippen molar-refractivity contribution in [3.05, 3.63) is 34.3 Å². The minimum Gasteiger partial charge on any atom is -0.371 e. The van der Waals surface area contributed by atoms with Gasteiger partial charge in [-0.1, -0.05) is 34.1 Å². The van der Waals surface area contributed by atoms with Crippen molar-refractivity contribution in [2.75, 3.05) is 7.11 Å². The molecule has 0 spiro atoms. The summed E-state index contributed by atoms with van der Waals surface area (Å²) in [4.78, 5) is 11.1. The molecule has 2 rings (SSSR count). The molecule has 1 aromatic carbocycles. The monoisotopic (exact) mass is 284 g/mol. The van der Waals surface area contributed by atoms with Crippen molar-refractivity contribution in [3.8, 4) is 0 Å². The predicted molar refractivity (Wildman–Crippen MR) is 63.1 cm³/mol. The number of methoxy groups -OCH3 is 1. The van der Waals surface area contributed by atoms with E-state index in [-0.39, 0.29) is 18.0 Å². The Bertz CT molecular complexity index is 392. The number of Topliss-reactive ketones (excluding diaryl/α,β-unsaturated/α-hetero) is 1. The van der Waals surface area contributed by atoms with E-state index in [0.29, 0.717) is 13.0 Å². The number of carbonyl (C=O) groups is 1. The summed E-state index contributed by atoms with van der Waals surface area (Å²) in [5.41, 5.74) is 1.08. The molecule has 1 aliphatic carbocycles. The molecular weight excluding hydrogens is 272 g/mol. The maximum absolute atomic E-state index is 11.1. The fourth-order valence-electron chi connectivity index (χ4n) is 1.71. The van der Waals surface area contributed by atoms with Crippen LogP contribution in [0.5, 0.6) is 0 Å². The van der Waals surface area contributed by atoms with E-state index in [9.17, 15) is 4.79 Å². The summed E-state index contributed by atoms with van der Waals surface area (Å²) in [7, 11) is 1.54. The van der Waals surface area contributed by atoms with Gasteiger partial charge >= 0.3 is 0 Å². The minimum absolute atomic E-state index is 0.0930. The Kier molecular flexibility index (Phi) is 3.74. The average Bonchev–Trinajstić information content (AvgIpc) is 2.26. The van der Waals surface area contributed by atoms with Crippen molar-refractivity contribution >= 4 is 21.7 Å². The van der Waals surface area contributed by atoms with Gasteiger partial charge in [-0.2, -0.15) is 0 Å². The zero-order chi connectivity index (χ0) is 11.5. The zero-order valence-corrected chi connectivity index (χ0v) is 10.6. The lowest BCUT2D eigenvalue weighted by atomic mass is 9.90. The number of ketones is 1. The Balaban J connectivity index is 1.89. The van der Waals surface area contributed by atoms with Gasteiger partial charge in [0.15, 0.2) is 5.78 Å². The summed E-state index contributed by atoms with van der Waals surface area (Å²) >= 11 is 3.45. The van der Waals surface area contributed by atoms with Crippen LogP contribution < -0.4 is 0 Å². The number of rotatable bonds is 4. The first-order valence-corrected chi connectivity index (χ1v) is 5.92. The number of hydrogen-bond donors (Lipinski definition) is 0. The molecule has 1 aliphatic rings. The van der Waals surface area contributed by atoms with Gasteiger partial charge in [0, 0.05) is 18.0 Å².